The molecule has 1 aliphatic carbocycles. The largest absolute Gasteiger partial charge is 0.378 e. The van der Waals surface area contributed by atoms with Crippen molar-refractivity contribution < 1.29 is 13.5 Å². The Morgan fingerprint density at radius 2 is 1.91 bits per heavy atom. The van der Waals surface area contributed by atoms with Gasteiger partial charge >= 0.3 is 0 Å². The second-order valence-corrected chi connectivity index (χ2v) is 10.6. The van der Waals surface area contributed by atoms with E-state index in [0.29, 0.717) is 37.6 Å². The predicted molar refractivity (Wildman–Crippen MR) is 131 cm³/mol. The lowest BCUT2D eigenvalue weighted by molar-refractivity contribution is -0.00212. The summed E-state index contributed by atoms with van der Waals surface area (Å²) >= 11 is 1.55. The van der Waals surface area contributed by atoms with Gasteiger partial charge in [0.15, 0.2) is 5.82 Å². The maximum absolute atomic E-state index is 13.6. The van der Waals surface area contributed by atoms with Crippen LogP contribution < -0.4 is 9.62 Å². The minimum absolute atomic E-state index is 0.155. The average molecular weight is 490 g/mol. The average Bonchev–Trinajstić information content (AvgIpc) is 2.86. The molecule has 34 heavy (non-hydrogen) atoms. The van der Waals surface area contributed by atoms with Gasteiger partial charge < -0.3 is 9.64 Å². The number of halogens is 2. The van der Waals surface area contributed by atoms with E-state index in [4.69, 9.17) is 4.74 Å². The minimum atomic E-state index is -0.700. The number of rotatable bonds is 8. The number of nitrogens with zero attached hydrogens (tertiary/aromatic N) is 4. The highest BCUT2D eigenvalue weighted by Gasteiger charge is 2.34. The van der Waals surface area contributed by atoms with Crippen LogP contribution in [0.1, 0.15) is 43.6 Å². The van der Waals surface area contributed by atoms with Gasteiger partial charge in [0.05, 0.1) is 12.7 Å². The Bertz CT molecular complexity index is 911. The lowest BCUT2D eigenvalue weighted by atomic mass is 9.82. The summed E-state index contributed by atoms with van der Waals surface area (Å²) in [6, 6.07) is 11.2. The third kappa shape index (κ3) is 6.05. The van der Waals surface area contributed by atoms with Crippen LogP contribution in [0.3, 0.4) is 0 Å². The van der Waals surface area contributed by atoms with Crippen molar-refractivity contribution in [3.8, 4) is 0 Å². The van der Waals surface area contributed by atoms with E-state index in [1.807, 2.05) is 22.5 Å². The second-order valence-electron chi connectivity index (χ2n) is 9.70. The summed E-state index contributed by atoms with van der Waals surface area (Å²) in [6.45, 7) is 3.41. The van der Waals surface area contributed by atoms with Gasteiger partial charge in [0.25, 0.3) is 0 Å². The first kappa shape index (κ1) is 23.9. The number of piperidine rings is 1. The van der Waals surface area contributed by atoms with Gasteiger partial charge in [0, 0.05) is 56.5 Å². The molecule has 9 heteroatoms. The van der Waals surface area contributed by atoms with Crippen molar-refractivity contribution in [2.24, 2.45) is 5.92 Å². The molecule has 1 saturated carbocycles. The molecule has 3 fully saturated rings. The number of anilines is 1. The maximum Gasteiger partial charge on any atom is 0.151 e. The quantitative estimate of drug-likeness (QED) is 0.553. The Morgan fingerprint density at radius 3 is 2.65 bits per heavy atom. The van der Waals surface area contributed by atoms with Crippen LogP contribution in [-0.2, 0) is 4.74 Å². The fourth-order valence-electron chi connectivity index (χ4n) is 5.21. The van der Waals surface area contributed by atoms with E-state index >= 15 is 0 Å². The number of benzene rings is 1. The molecule has 1 aromatic heterocycles. The molecule has 2 aromatic rings. The van der Waals surface area contributed by atoms with Crippen LogP contribution >= 0.6 is 12.1 Å². The molecule has 1 aromatic carbocycles. The summed E-state index contributed by atoms with van der Waals surface area (Å²) in [6.07, 6.45) is 6.27. The summed E-state index contributed by atoms with van der Waals surface area (Å²) < 4.78 is 38.9. The molecular formula is C25H33F2N5OS. The van der Waals surface area contributed by atoms with Crippen molar-refractivity contribution in [2.75, 3.05) is 37.7 Å². The van der Waals surface area contributed by atoms with Crippen molar-refractivity contribution in [1.82, 2.24) is 19.2 Å². The first-order chi connectivity index (χ1) is 16.6. The van der Waals surface area contributed by atoms with Crippen molar-refractivity contribution >= 4 is 18.0 Å². The Hall–Kier alpha value is -1.81. The Kier molecular flexibility index (Phi) is 7.94. The van der Waals surface area contributed by atoms with E-state index in [1.165, 1.54) is 6.07 Å². The first-order valence-electron chi connectivity index (χ1n) is 12.4. The predicted octanol–water partition coefficient (Wildman–Crippen LogP) is 4.36. The number of ether oxygens (including phenoxy) is 1. The summed E-state index contributed by atoms with van der Waals surface area (Å²) in [5.74, 6) is 1.46. The number of hydrogen-bond donors (Lipinski definition) is 1. The molecule has 1 N–H and O–H groups in total. The molecule has 6 nitrogen and oxygen atoms in total. The molecule has 2 atom stereocenters. The second kappa shape index (κ2) is 11.3. The van der Waals surface area contributed by atoms with E-state index in [1.54, 1.807) is 30.5 Å². The molecule has 0 amide bonds. The first-order valence-corrected chi connectivity index (χ1v) is 13.1. The minimum Gasteiger partial charge on any atom is -0.378 e. The van der Waals surface area contributed by atoms with Gasteiger partial charge in [-0.2, -0.15) is 5.10 Å². The van der Waals surface area contributed by atoms with E-state index in [9.17, 15) is 8.78 Å². The summed E-state index contributed by atoms with van der Waals surface area (Å²) in [5, 5.41) is 8.33. The van der Waals surface area contributed by atoms with Crippen molar-refractivity contribution in [2.45, 2.75) is 56.3 Å². The van der Waals surface area contributed by atoms with Crippen LogP contribution in [0.25, 0.3) is 0 Å². The number of nitrogens with one attached hydrogen (secondary N) is 1. The van der Waals surface area contributed by atoms with Crippen LogP contribution in [0.15, 0.2) is 42.6 Å². The Labute approximate surface area is 204 Å². The smallest absolute Gasteiger partial charge is 0.151 e. The summed E-state index contributed by atoms with van der Waals surface area (Å²) in [4.78, 5) is 2.28. The maximum atomic E-state index is 13.6. The van der Waals surface area contributed by atoms with Crippen LogP contribution in [0, 0.1) is 11.7 Å². The molecule has 0 spiro atoms. The molecule has 3 heterocycles. The lowest BCUT2D eigenvalue weighted by Crippen LogP contribution is -2.52. The number of alkyl halides is 1. The zero-order valence-electron chi connectivity index (χ0n) is 19.4. The number of aromatic nitrogens is 2. The molecule has 0 bridgehead atoms. The normalized spacial score (nSPS) is 28.6. The summed E-state index contributed by atoms with van der Waals surface area (Å²) in [5.41, 5.74) is 1.10. The standard InChI is InChI=1S/C25H33F2N5OS/c26-21-4-1-3-19(13-21)18-6-8-23(9-7-18)33-17-20-14-31(25-5-2-11-28-29-25)12-10-24(20)30-34-32-15-22(27)16-32/h1-5,11,13,18,20,22-24,30H,6-10,12,14-17H2/t18-,20?,23+,24?. The van der Waals surface area contributed by atoms with E-state index in [2.05, 4.69) is 19.8 Å². The van der Waals surface area contributed by atoms with Crippen LogP contribution in [0.4, 0.5) is 14.6 Å². The van der Waals surface area contributed by atoms with Gasteiger partial charge in [-0.25, -0.2) is 17.8 Å². The SMILES string of the molecule is Fc1cccc([C@H]2CC[C@@H](OCC3CN(c4cccnn4)CCC3NSN3CC(F)C3)CC2)c1. The molecule has 2 saturated heterocycles. The fraction of sp³-hybridized carbons (Fsp3) is 0.600. The van der Waals surface area contributed by atoms with Crippen molar-refractivity contribution in [3.63, 3.8) is 0 Å². The van der Waals surface area contributed by atoms with E-state index in [0.717, 1.165) is 56.6 Å². The molecule has 0 radical (unpaired) electrons. The molecule has 3 aliphatic rings. The highest BCUT2D eigenvalue weighted by molar-refractivity contribution is 7.95. The van der Waals surface area contributed by atoms with Crippen LogP contribution in [-0.4, -0.2) is 65.6 Å². The monoisotopic (exact) mass is 489 g/mol. The molecule has 2 aliphatic heterocycles. The van der Waals surface area contributed by atoms with Gasteiger partial charge in [-0.3, -0.25) is 0 Å². The van der Waals surface area contributed by atoms with Crippen molar-refractivity contribution in [3.05, 3.63) is 54.0 Å². The summed E-state index contributed by atoms with van der Waals surface area (Å²) in [7, 11) is 0. The van der Waals surface area contributed by atoms with Crippen LogP contribution in [0.2, 0.25) is 0 Å². The Balaban J connectivity index is 1.15. The van der Waals surface area contributed by atoms with Gasteiger partial charge in [-0.05, 0) is 67.9 Å². The van der Waals surface area contributed by atoms with Gasteiger partial charge in [-0.1, -0.05) is 12.1 Å². The topological polar surface area (TPSA) is 53.5 Å². The zero-order valence-corrected chi connectivity index (χ0v) is 20.2. The molecule has 2 unspecified atom stereocenters. The fourth-order valence-corrected chi connectivity index (χ4v) is 6.28. The van der Waals surface area contributed by atoms with Crippen molar-refractivity contribution in [1.29, 1.82) is 0 Å². The third-order valence-corrected chi connectivity index (χ3v) is 8.26. The zero-order chi connectivity index (χ0) is 23.3. The number of hydrogen-bond acceptors (Lipinski definition) is 7. The Morgan fingerprint density at radius 1 is 1.06 bits per heavy atom. The molecule has 5 rings (SSSR count). The van der Waals surface area contributed by atoms with E-state index in [-0.39, 0.29) is 11.9 Å². The van der Waals surface area contributed by atoms with E-state index < -0.39 is 6.17 Å². The lowest BCUT2D eigenvalue weighted by Gasteiger charge is -2.41. The van der Waals surface area contributed by atoms with Gasteiger partial charge in [0.2, 0.25) is 0 Å². The highest BCUT2D eigenvalue weighted by Crippen LogP contribution is 2.35. The van der Waals surface area contributed by atoms with Gasteiger partial charge in [-0.15, -0.1) is 5.10 Å². The third-order valence-electron chi connectivity index (χ3n) is 7.29. The van der Waals surface area contributed by atoms with Gasteiger partial charge in [0.1, 0.15) is 12.0 Å². The molecule has 184 valence electrons. The molecular weight excluding hydrogens is 456 g/mol. The highest BCUT2D eigenvalue weighted by atomic mass is 32.2. The van der Waals surface area contributed by atoms with Crippen LogP contribution in [0.5, 0.6) is 0 Å².